The second-order valence-electron chi connectivity index (χ2n) is 7.55. The number of fused-ring (bicyclic) bond motifs is 4. The SMILES string of the molecule is O=C(CN1CC2CC(C1)[C@H]1CCCC(=O)N1C2)N1CCSCC1. The van der Waals surface area contributed by atoms with Crippen LogP contribution in [0.1, 0.15) is 25.7 Å². The summed E-state index contributed by atoms with van der Waals surface area (Å²) >= 11 is 1.94. The third-order valence-corrected chi connectivity index (χ3v) is 6.92. The summed E-state index contributed by atoms with van der Waals surface area (Å²) in [5.74, 6) is 3.98. The zero-order valence-corrected chi connectivity index (χ0v) is 14.6. The van der Waals surface area contributed by atoms with Crippen LogP contribution in [0.3, 0.4) is 0 Å². The van der Waals surface area contributed by atoms with Gasteiger partial charge in [0.25, 0.3) is 0 Å². The normalized spacial score (nSPS) is 35.1. The highest BCUT2D eigenvalue weighted by atomic mass is 32.2. The lowest BCUT2D eigenvalue weighted by Crippen LogP contribution is -2.61. The number of rotatable bonds is 2. The average molecular weight is 337 g/mol. The molecule has 0 aromatic rings. The third kappa shape index (κ3) is 3.25. The molecule has 4 fully saturated rings. The first-order chi connectivity index (χ1) is 11.2. The minimum absolute atomic E-state index is 0.307. The van der Waals surface area contributed by atoms with Gasteiger partial charge in [-0.15, -0.1) is 0 Å². The third-order valence-electron chi connectivity index (χ3n) is 5.98. The fourth-order valence-electron chi connectivity index (χ4n) is 4.95. The Morgan fingerprint density at radius 1 is 1.17 bits per heavy atom. The van der Waals surface area contributed by atoms with E-state index < -0.39 is 0 Å². The maximum atomic E-state index is 12.5. The van der Waals surface area contributed by atoms with E-state index in [0.717, 1.165) is 63.5 Å². The van der Waals surface area contributed by atoms with Gasteiger partial charge in [0, 0.05) is 56.7 Å². The van der Waals surface area contributed by atoms with E-state index in [2.05, 4.69) is 9.80 Å². The summed E-state index contributed by atoms with van der Waals surface area (Å²) in [6, 6.07) is 0.441. The number of hydrogen-bond donors (Lipinski definition) is 0. The van der Waals surface area contributed by atoms with E-state index in [1.807, 2.05) is 16.7 Å². The van der Waals surface area contributed by atoms with Crippen molar-refractivity contribution in [3.63, 3.8) is 0 Å². The van der Waals surface area contributed by atoms with Crippen molar-refractivity contribution in [2.75, 3.05) is 50.8 Å². The van der Waals surface area contributed by atoms with Crippen LogP contribution < -0.4 is 0 Å². The molecular formula is C17H27N3O2S. The molecule has 0 aromatic heterocycles. The Labute approximate surface area is 142 Å². The highest BCUT2D eigenvalue weighted by Crippen LogP contribution is 2.37. The lowest BCUT2D eigenvalue weighted by Gasteiger charge is -2.52. The molecule has 0 aromatic carbocycles. The van der Waals surface area contributed by atoms with Gasteiger partial charge in [-0.2, -0.15) is 11.8 Å². The predicted molar refractivity (Wildman–Crippen MR) is 91.3 cm³/mol. The van der Waals surface area contributed by atoms with Crippen molar-refractivity contribution in [3.05, 3.63) is 0 Å². The standard InChI is InChI=1S/C17H27N3O2S/c21-16-3-1-2-15-14-8-13(10-20(15)16)9-18(11-14)12-17(22)19-4-6-23-7-5-19/h13-15H,1-12H2/t13?,14?,15-/m1/s1. The number of piperidine rings is 3. The molecule has 0 spiro atoms. The molecule has 4 rings (SSSR count). The summed E-state index contributed by atoms with van der Waals surface area (Å²) < 4.78 is 0. The van der Waals surface area contributed by atoms with Crippen LogP contribution in [0.15, 0.2) is 0 Å². The van der Waals surface area contributed by atoms with Gasteiger partial charge in [-0.3, -0.25) is 14.5 Å². The van der Waals surface area contributed by atoms with Crippen LogP contribution in [0, 0.1) is 11.8 Å². The molecule has 4 aliphatic rings. The minimum Gasteiger partial charge on any atom is -0.340 e. The smallest absolute Gasteiger partial charge is 0.236 e. The number of likely N-dealkylation sites (tertiary alicyclic amines) is 1. The van der Waals surface area contributed by atoms with E-state index in [1.54, 1.807) is 0 Å². The molecule has 2 unspecified atom stereocenters. The molecule has 0 radical (unpaired) electrons. The Kier molecular flexibility index (Phi) is 4.54. The van der Waals surface area contributed by atoms with E-state index in [4.69, 9.17) is 0 Å². The monoisotopic (exact) mass is 337 g/mol. The molecule has 0 N–H and O–H groups in total. The van der Waals surface area contributed by atoms with E-state index in [0.29, 0.717) is 36.2 Å². The molecule has 0 saturated carbocycles. The zero-order valence-electron chi connectivity index (χ0n) is 13.8. The lowest BCUT2D eigenvalue weighted by atomic mass is 9.76. The van der Waals surface area contributed by atoms with Crippen LogP contribution in [0.25, 0.3) is 0 Å². The molecule has 2 amide bonds. The molecule has 4 heterocycles. The van der Waals surface area contributed by atoms with E-state index in [1.165, 1.54) is 6.42 Å². The second-order valence-corrected chi connectivity index (χ2v) is 8.78. The molecule has 6 heteroatoms. The van der Waals surface area contributed by atoms with Gasteiger partial charge in [-0.25, -0.2) is 0 Å². The van der Waals surface area contributed by atoms with E-state index in [-0.39, 0.29) is 0 Å². The van der Waals surface area contributed by atoms with Crippen molar-refractivity contribution >= 4 is 23.6 Å². The van der Waals surface area contributed by atoms with Crippen LogP contribution in [0.5, 0.6) is 0 Å². The summed E-state index contributed by atoms with van der Waals surface area (Å²) in [5.41, 5.74) is 0. The Hall–Kier alpha value is -0.750. The van der Waals surface area contributed by atoms with Gasteiger partial charge in [-0.05, 0) is 31.1 Å². The molecule has 3 atom stereocenters. The second kappa shape index (κ2) is 6.63. The number of amides is 2. The van der Waals surface area contributed by atoms with Crippen molar-refractivity contribution in [3.8, 4) is 0 Å². The molecule has 4 saturated heterocycles. The Bertz CT molecular complexity index is 480. The maximum Gasteiger partial charge on any atom is 0.236 e. The van der Waals surface area contributed by atoms with Crippen molar-refractivity contribution < 1.29 is 9.59 Å². The first-order valence-electron chi connectivity index (χ1n) is 9.08. The van der Waals surface area contributed by atoms with Crippen molar-refractivity contribution in [2.24, 2.45) is 11.8 Å². The summed E-state index contributed by atoms with van der Waals surface area (Å²) in [5, 5.41) is 0. The molecule has 128 valence electrons. The van der Waals surface area contributed by atoms with Gasteiger partial charge in [0.1, 0.15) is 0 Å². The van der Waals surface area contributed by atoms with Gasteiger partial charge in [0.05, 0.1) is 6.54 Å². The summed E-state index contributed by atoms with van der Waals surface area (Å²) in [6.07, 6.45) is 4.20. The molecule has 5 nitrogen and oxygen atoms in total. The van der Waals surface area contributed by atoms with Crippen LogP contribution in [0.4, 0.5) is 0 Å². The van der Waals surface area contributed by atoms with Crippen molar-refractivity contribution in [1.29, 1.82) is 0 Å². The van der Waals surface area contributed by atoms with Crippen LogP contribution in [0.2, 0.25) is 0 Å². The fourth-order valence-corrected chi connectivity index (χ4v) is 5.85. The number of carbonyl (C=O) groups excluding carboxylic acids is 2. The summed E-state index contributed by atoms with van der Waals surface area (Å²) in [6.45, 7) is 5.31. The lowest BCUT2D eigenvalue weighted by molar-refractivity contribution is -0.146. The minimum atomic E-state index is 0.307. The van der Waals surface area contributed by atoms with Crippen LogP contribution >= 0.6 is 11.8 Å². The van der Waals surface area contributed by atoms with Gasteiger partial charge in [0.15, 0.2) is 0 Å². The van der Waals surface area contributed by atoms with Gasteiger partial charge in [0.2, 0.25) is 11.8 Å². The van der Waals surface area contributed by atoms with Gasteiger partial charge in [-0.1, -0.05) is 0 Å². The number of thioether (sulfide) groups is 1. The van der Waals surface area contributed by atoms with E-state index in [9.17, 15) is 9.59 Å². The van der Waals surface area contributed by atoms with Crippen LogP contribution in [-0.2, 0) is 9.59 Å². The van der Waals surface area contributed by atoms with Gasteiger partial charge < -0.3 is 9.80 Å². The Balaban J connectivity index is 1.37. The van der Waals surface area contributed by atoms with Crippen molar-refractivity contribution in [2.45, 2.75) is 31.7 Å². The Morgan fingerprint density at radius 3 is 2.83 bits per heavy atom. The van der Waals surface area contributed by atoms with E-state index >= 15 is 0 Å². The van der Waals surface area contributed by atoms with Crippen LogP contribution in [-0.4, -0.2) is 83.3 Å². The quantitative estimate of drug-likeness (QED) is 0.751. The maximum absolute atomic E-state index is 12.5. The predicted octanol–water partition coefficient (Wildman–Crippen LogP) is 0.895. The summed E-state index contributed by atoms with van der Waals surface area (Å²) in [4.78, 5) is 31.3. The number of nitrogens with zero attached hydrogens (tertiary/aromatic N) is 3. The zero-order chi connectivity index (χ0) is 15.8. The highest BCUT2D eigenvalue weighted by molar-refractivity contribution is 7.99. The molecule has 4 aliphatic heterocycles. The molecular weight excluding hydrogens is 310 g/mol. The molecule has 0 aliphatic carbocycles. The topological polar surface area (TPSA) is 43.9 Å². The fraction of sp³-hybridized carbons (Fsp3) is 0.882. The average Bonchev–Trinajstić information content (AvgIpc) is 2.57. The first-order valence-corrected chi connectivity index (χ1v) is 10.2. The van der Waals surface area contributed by atoms with Gasteiger partial charge >= 0.3 is 0 Å². The molecule has 2 bridgehead atoms. The molecule has 23 heavy (non-hydrogen) atoms. The number of hydrogen-bond acceptors (Lipinski definition) is 4. The highest BCUT2D eigenvalue weighted by Gasteiger charge is 2.44. The number of carbonyl (C=O) groups is 2. The summed E-state index contributed by atoms with van der Waals surface area (Å²) in [7, 11) is 0. The largest absolute Gasteiger partial charge is 0.340 e. The first kappa shape index (κ1) is 15.8. The van der Waals surface area contributed by atoms with Crippen molar-refractivity contribution in [1.82, 2.24) is 14.7 Å². The Morgan fingerprint density at radius 2 is 2.00 bits per heavy atom.